The van der Waals surface area contributed by atoms with Gasteiger partial charge in [-0.15, -0.1) is 0 Å². The van der Waals surface area contributed by atoms with Gasteiger partial charge in [0.25, 0.3) is 0 Å². The molecule has 0 bridgehead atoms. The highest BCUT2D eigenvalue weighted by molar-refractivity contribution is 7.00. The molecule has 5 rings (SSSR count). The molecule has 0 fully saturated rings. The molecule has 7 heteroatoms. The number of aromatic nitrogens is 2. The van der Waals surface area contributed by atoms with Crippen molar-refractivity contribution in [2.45, 2.75) is 32.7 Å². The second-order valence-corrected chi connectivity index (χ2v) is 14.9. The molecule has 0 unspecified atom stereocenters. The highest BCUT2D eigenvalue weighted by Crippen LogP contribution is 2.39. The van der Waals surface area contributed by atoms with E-state index >= 15 is 0 Å². The number of hydrogen-bond donors (Lipinski definition) is 2. The lowest BCUT2D eigenvalue weighted by Crippen LogP contribution is -2.68. The Kier molecular flexibility index (Phi) is 7.01. The summed E-state index contributed by atoms with van der Waals surface area (Å²) in [4.78, 5) is 8.79. The molecule has 6 nitrogen and oxygen atoms in total. The SMILES string of the molecule is COc1cc2c(Nc3ccc(C)c(O[Si](c4ccccc4)(c4ccccc4)C(C)(C)C)c3)ncnc2cc1O. The number of methoxy groups -OCH3 is 1. The highest BCUT2D eigenvalue weighted by Gasteiger charge is 2.52. The Balaban J connectivity index is 1.61. The van der Waals surface area contributed by atoms with Crippen molar-refractivity contribution in [2.75, 3.05) is 12.4 Å². The highest BCUT2D eigenvalue weighted by atomic mass is 28.4. The second kappa shape index (κ2) is 10.4. The van der Waals surface area contributed by atoms with Crippen LogP contribution in [-0.4, -0.2) is 30.5 Å². The number of aryl methyl sites for hydroxylation is 1. The number of nitrogens with one attached hydrogen (secondary N) is 1. The fourth-order valence-corrected chi connectivity index (χ4v) is 9.55. The molecule has 0 saturated heterocycles. The number of hydrogen-bond acceptors (Lipinski definition) is 6. The van der Waals surface area contributed by atoms with Crippen molar-refractivity contribution < 1.29 is 14.3 Å². The molecule has 0 aliphatic carbocycles. The van der Waals surface area contributed by atoms with E-state index in [2.05, 4.69) is 97.6 Å². The molecule has 0 atom stereocenters. The normalized spacial score (nSPS) is 11.8. The number of phenolic OH excluding ortho intramolecular Hbond substituents is 1. The van der Waals surface area contributed by atoms with E-state index in [0.29, 0.717) is 17.1 Å². The quantitative estimate of drug-likeness (QED) is 0.237. The third kappa shape index (κ3) is 4.93. The molecular weight excluding hydrogens is 502 g/mol. The predicted octanol–water partition coefficient (Wildman–Crippen LogP) is 6.33. The van der Waals surface area contributed by atoms with Crippen LogP contribution in [-0.2, 0) is 0 Å². The Labute approximate surface area is 230 Å². The van der Waals surface area contributed by atoms with Crippen LogP contribution in [0.2, 0.25) is 5.04 Å². The fourth-order valence-electron chi connectivity index (χ4n) is 5.07. The second-order valence-electron chi connectivity index (χ2n) is 10.6. The van der Waals surface area contributed by atoms with Gasteiger partial charge in [0.05, 0.1) is 12.6 Å². The number of benzene rings is 4. The summed E-state index contributed by atoms with van der Waals surface area (Å²) in [6, 6.07) is 30.7. The lowest BCUT2D eigenvalue weighted by molar-refractivity contribution is 0.374. The summed E-state index contributed by atoms with van der Waals surface area (Å²) in [6.45, 7) is 8.89. The number of nitrogens with zero attached hydrogens (tertiary/aromatic N) is 2. The number of fused-ring (bicyclic) bond motifs is 1. The summed E-state index contributed by atoms with van der Waals surface area (Å²) in [5.41, 5.74) is 2.50. The van der Waals surface area contributed by atoms with E-state index in [4.69, 9.17) is 9.16 Å². The van der Waals surface area contributed by atoms with Crippen molar-refractivity contribution in [3.8, 4) is 17.2 Å². The molecule has 0 aliphatic rings. The zero-order valence-electron chi connectivity index (χ0n) is 22.9. The van der Waals surface area contributed by atoms with Gasteiger partial charge in [-0.3, -0.25) is 0 Å². The van der Waals surface area contributed by atoms with Gasteiger partial charge in [-0.1, -0.05) is 87.5 Å². The first-order valence-electron chi connectivity index (χ1n) is 12.9. The third-order valence-corrected chi connectivity index (χ3v) is 12.0. The smallest absolute Gasteiger partial charge is 0.319 e. The van der Waals surface area contributed by atoms with Gasteiger partial charge < -0.3 is 19.6 Å². The van der Waals surface area contributed by atoms with Crippen LogP contribution in [0.25, 0.3) is 10.9 Å². The van der Waals surface area contributed by atoms with E-state index in [-0.39, 0.29) is 10.8 Å². The van der Waals surface area contributed by atoms with Gasteiger partial charge in [0, 0.05) is 23.2 Å². The molecule has 0 radical (unpaired) electrons. The number of rotatable bonds is 7. The zero-order valence-corrected chi connectivity index (χ0v) is 23.9. The van der Waals surface area contributed by atoms with Crippen LogP contribution in [0.1, 0.15) is 26.3 Å². The van der Waals surface area contributed by atoms with Crippen LogP contribution in [0.5, 0.6) is 17.2 Å². The number of ether oxygens (including phenoxy) is 1. The largest absolute Gasteiger partial charge is 0.534 e. The van der Waals surface area contributed by atoms with Crippen molar-refractivity contribution in [3.05, 3.63) is 103 Å². The van der Waals surface area contributed by atoms with Crippen molar-refractivity contribution in [2.24, 2.45) is 0 Å². The maximum absolute atomic E-state index is 10.2. The summed E-state index contributed by atoms with van der Waals surface area (Å²) in [5, 5.41) is 16.6. The van der Waals surface area contributed by atoms with Gasteiger partial charge >= 0.3 is 8.32 Å². The summed E-state index contributed by atoms with van der Waals surface area (Å²) in [6.07, 6.45) is 1.48. The van der Waals surface area contributed by atoms with Gasteiger partial charge in [-0.05, 0) is 40.0 Å². The first-order chi connectivity index (χ1) is 18.7. The van der Waals surface area contributed by atoms with Crippen LogP contribution in [0, 0.1) is 6.92 Å². The molecule has 0 aliphatic heterocycles. The molecule has 5 aromatic rings. The Morgan fingerprint density at radius 3 is 2.03 bits per heavy atom. The fraction of sp³-hybridized carbons (Fsp3) is 0.188. The van der Waals surface area contributed by atoms with Gasteiger partial charge in [-0.2, -0.15) is 0 Å². The van der Waals surface area contributed by atoms with Crippen molar-refractivity contribution >= 4 is 41.1 Å². The molecule has 0 amide bonds. The summed E-state index contributed by atoms with van der Waals surface area (Å²) < 4.78 is 12.6. The molecule has 39 heavy (non-hydrogen) atoms. The minimum absolute atomic E-state index is 0.0333. The Morgan fingerprint density at radius 1 is 0.795 bits per heavy atom. The number of anilines is 2. The van der Waals surface area contributed by atoms with Gasteiger partial charge in [0.15, 0.2) is 11.5 Å². The standard InChI is InChI=1S/C32H33N3O3Si/c1-22-16-17-23(35-31-26-19-30(37-5)28(36)20-27(26)33-21-34-31)18-29(22)38-39(32(2,3)4,24-12-8-6-9-13-24)25-14-10-7-11-15-25/h6-21,36H,1-5H3,(H,33,34,35). The van der Waals surface area contributed by atoms with Crippen LogP contribution in [0.3, 0.4) is 0 Å². The van der Waals surface area contributed by atoms with Crippen LogP contribution < -0.4 is 24.9 Å². The van der Waals surface area contributed by atoms with Crippen LogP contribution in [0.15, 0.2) is 97.3 Å². The average molecular weight is 536 g/mol. The predicted molar refractivity (Wildman–Crippen MR) is 160 cm³/mol. The molecule has 198 valence electrons. The van der Waals surface area contributed by atoms with E-state index < -0.39 is 8.32 Å². The third-order valence-electron chi connectivity index (χ3n) is 7.07. The summed E-state index contributed by atoms with van der Waals surface area (Å²) in [7, 11) is -1.28. The monoisotopic (exact) mass is 535 g/mol. The zero-order chi connectivity index (χ0) is 27.6. The van der Waals surface area contributed by atoms with E-state index in [1.807, 2.05) is 24.3 Å². The number of aromatic hydroxyl groups is 1. The Morgan fingerprint density at radius 2 is 1.44 bits per heavy atom. The van der Waals surface area contributed by atoms with Crippen LogP contribution in [0.4, 0.5) is 11.5 Å². The molecular formula is C32H33N3O3Si. The first-order valence-corrected chi connectivity index (χ1v) is 14.8. The van der Waals surface area contributed by atoms with Crippen molar-refractivity contribution in [1.82, 2.24) is 9.97 Å². The minimum Gasteiger partial charge on any atom is -0.534 e. The average Bonchev–Trinajstić information content (AvgIpc) is 2.93. The molecule has 4 aromatic carbocycles. The van der Waals surface area contributed by atoms with E-state index in [1.54, 1.807) is 12.1 Å². The topological polar surface area (TPSA) is 76.5 Å². The molecule has 2 N–H and O–H groups in total. The lowest BCUT2D eigenvalue weighted by Gasteiger charge is -2.43. The van der Waals surface area contributed by atoms with Gasteiger partial charge in [0.1, 0.15) is 17.9 Å². The van der Waals surface area contributed by atoms with E-state index in [9.17, 15) is 5.11 Å². The Bertz CT molecular complexity index is 1560. The van der Waals surface area contributed by atoms with E-state index in [1.165, 1.54) is 23.8 Å². The molecule has 1 aromatic heterocycles. The maximum atomic E-state index is 10.2. The van der Waals surface area contributed by atoms with E-state index in [0.717, 1.165) is 22.4 Å². The molecule has 0 saturated carbocycles. The minimum atomic E-state index is -2.80. The Hall–Kier alpha value is -4.36. The van der Waals surface area contributed by atoms with Crippen LogP contribution >= 0.6 is 0 Å². The van der Waals surface area contributed by atoms with Crippen molar-refractivity contribution in [1.29, 1.82) is 0 Å². The maximum Gasteiger partial charge on any atom is 0.319 e. The van der Waals surface area contributed by atoms with Crippen molar-refractivity contribution in [3.63, 3.8) is 0 Å². The lowest BCUT2D eigenvalue weighted by atomic mass is 10.2. The molecule has 1 heterocycles. The summed E-state index contributed by atoms with van der Waals surface area (Å²) >= 11 is 0. The summed E-state index contributed by atoms with van der Waals surface area (Å²) in [5.74, 6) is 1.83. The molecule has 0 spiro atoms. The van der Waals surface area contributed by atoms with Gasteiger partial charge in [-0.25, -0.2) is 9.97 Å². The van der Waals surface area contributed by atoms with Gasteiger partial charge in [0.2, 0.25) is 0 Å². The number of phenols is 1. The first kappa shape index (κ1) is 26.3.